The molecular weight excluding hydrogens is 514 g/mol. The number of halogens is 3. The summed E-state index contributed by atoms with van der Waals surface area (Å²) in [6.45, 7) is 5.59. The van der Waals surface area contributed by atoms with Gasteiger partial charge in [-0.1, -0.05) is 47.5 Å². The third-order valence-corrected chi connectivity index (χ3v) is 6.18. The molecule has 0 spiro atoms. The standard InChI is InChI=1S/C28H27BrF2N2O2/c1-5-6-10-23(25-13-21(30)14-26(31)27(25)35-4)24-12-20(16-32-18(24)3)19-8-7-9-22(11-19)33-28(34)17(2)15-29/h7-16H,5-6H2,1-4H3,(H,33,34)/b17-15+,23-10+. The minimum Gasteiger partial charge on any atom is -0.493 e. The highest BCUT2D eigenvalue weighted by molar-refractivity contribution is 9.11. The van der Waals surface area contributed by atoms with Gasteiger partial charge >= 0.3 is 0 Å². The lowest BCUT2D eigenvalue weighted by Crippen LogP contribution is -2.12. The molecule has 0 atom stereocenters. The summed E-state index contributed by atoms with van der Waals surface area (Å²) in [6.07, 6.45) is 5.27. The van der Waals surface area contributed by atoms with Crippen molar-refractivity contribution < 1.29 is 18.3 Å². The Balaban J connectivity index is 2.12. The quantitative estimate of drug-likeness (QED) is 0.296. The van der Waals surface area contributed by atoms with Crippen molar-refractivity contribution in [2.24, 2.45) is 0 Å². The van der Waals surface area contributed by atoms with Crippen LogP contribution in [-0.4, -0.2) is 18.0 Å². The fraction of sp³-hybridized carbons (Fsp3) is 0.214. The molecule has 0 radical (unpaired) electrons. The molecule has 7 heteroatoms. The molecule has 1 amide bonds. The number of anilines is 1. The maximum atomic E-state index is 14.5. The first-order chi connectivity index (χ1) is 16.8. The number of methoxy groups -OCH3 is 1. The van der Waals surface area contributed by atoms with Crippen LogP contribution >= 0.6 is 15.9 Å². The number of nitrogens with zero attached hydrogens (tertiary/aromatic N) is 1. The first kappa shape index (κ1) is 26.3. The van der Waals surface area contributed by atoms with Gasteiger partial charge in [0, 0.05) is 45.9 Å². The zero-order valence-electron chi connectivity index (χ0n) is 20.1. The smallest absolute Gasteiger partial charge is 0.251 e. The molecule has 0 saturated carbocycles. The van der Waals surface area contributed by atoms with E-state index in [1.54, 1.807) is 24.2 Å². The van der Waals surface area contributed by atoms with Crippen molar-refractivity contribution in [3.8, 4) is 16.9 Å². The summed E-state index contributed by atoms with van der Waals surface area (Å²) in [7, 11) is 1.37. The van der Waals surface area contributed by atoms with Crippen LogP contribution in [0.25, 0.3) is 16.7 Å². The molecule has 0 bridgehead atoms. The Morgan fingerprint density at radius 1 is 1.14 bits per heavy atom. The molecule has 1 aromatic heterocycles. The van der Waals surface area contributed by atoms with Crippen LogP contribution in [0.2, 0.25) is 0 Å². The second kappa shape index (κ2) is 11.9. The molecule has 0 aliphatic carbocycles. The summed E-state index contributed by atoms with van der Waals surface area (Å²) in [5, 5.41) is 2.86. The SMILES string of the molecule is CCC/C=C(\c1cc(-c2cccc(NC(=O)/C(C)=C/Br)c2)cnc1C)c1cc(F)cc(F)c1OC. The van der Waals surface area contributed by atoms with Crippen molar-refractivity contribution >= 4 is 33.1 Å². The number of rotatable bonds is 8. The van der Waals surface area contributed by atoms with Gasteiger partial charge in [0.15, 0.2) is 11.6 Å². The van der Waals surface area contributed by atoms with E-state index in [9.17, 15) is 13.6 Å². The van der Waals surface area contributed by atoms with Crippen molar-refractivity contribution in [1.29, 1.82) is 0 Å². The fourth-order valence-electron chi connectivity index (χ4n) is 3.64. The number of hydrogen-bond donors (Lipinski definition) is 1. The van der Waals surface area contributed by atoms with Gasteiger partial charge in [0.05, 0.1) is 7.11 Å². The van der Waals surface area contributed by atoms with Crippen LogP contribution in [0, 0.1) is 18.6 Å². The third-order valence-electron chi connectivity index (χ3n) is 5.49. The second-order valence-electron chi connectivity index (χ2n) is 8.06. The Kier molecular flexibility index (Phi) is 8.93. The van der Waals surface area contributed by atoms with Crippen LogP contribution in [0.5, 0.6) is 5.75 Å². The molecule has 35 heavy (non-hydrogen) atoms. The predicted octanol–water partition coefficient (Wildman–Crippen LogP) is 7.81. The van der Waals surface area contributed by atoms with Crippen LogP contribution in [0.15, 0.2) is 65.3 Å². The fourth-order valence-corrected chi connectivity index (χ4v) is 3.85. The Hall–Kier alpha value is -3.32. The number of pyridine rings is 1. The Labute approximate surface area is 212 Å². The predicted molar refractivity (Wildman–Crippen MR) is 141 cm³/mol. The molecule has 0 aliphatic heterocycles. The zero-order chi connectivity index (χ0) is 25.5. The summed E-state index contributed by atoms with van der Waals surface area (Å²) in [5.41, 5.74) is 5.25. The van der Waals surface area contributed by atoms with Gasteiger partial charge in [0.2, 0.25) is 0 Å². The summed E-state index contributed by atoms with van der Waals surface area (Å²) in [4.78, 5) is 18.4. The van der Waals surface area contributed by atoms with Gasteiger partial charge in [-0.05, 0) is 60.7 Å². The number of amides is 1. The van der Waals surface area contributed by atoms with Crippen LogP contribution in [0.3, 0.4) is 0 Å². The van der Waals surface area contributed by atoms with Crippen molar-refractivity contribution in [3.63, 3.8) is 0 Å². The largest absolute Gasteiger partial charge is 0.493 e. The Bertz CT molecular complexity index is 1300. The number of ether oxygens (including phenoxy) is 1. The van der Waals surface area contributed by atoms with E-state index < -0.39 is 11.6 Å². The van der Waals surface area contributed by atoms with Gasteiger partial charge in [-0.15, -0.1) is 0 Å². The van der Waals surface area contributed by atoms with Gasteiger partial charge < -0.3 is 10.1 Å². The van der Waals surface area contributed by atoms with Crippen molar-refractivity contribution in [1.82, 2.24) is 4.98 Å². The third kappa shape index (κ3) is 6.22. The first-order valence-corrected chi connectivity index (χ1v) is 12.1. The molecule has 0 aliphatic rings. The van der Waals surface area contributed by atoms with E-state index in [1.807, 2.05) is 44.2 Å². The van der Waals surface area contributed by atoms with E-state index in [-0.39, 0.29) is 11.7 Å². The lowest BCUT2D eigenvalue weighted by atomic mass is 9.92. The molecule has 4 nitrogen and oxygen atoms in total. The molecule has 1 heterocycles. The summed E-state index contributed by atoms with van der Waals surface area (Å²) in [5.74, 6) is -1.67. The summed E-state index contributed by atoms with van der Waals surface area (Å²) < 4.78 is 34.1. The minimum absolute atomic E-state index is 0.0153. The van der Waals surface area contributed by atoms with Crippen molar-refractivity contribution in [3.05, 3.63) is 93.8 Å². The molecular formula is C28H27BrF2N2O2. The summed E-state index contributed by atoms with van der Waals surface area (Å²) in [6, 6.07) is 11.5. The number of hydrogen-bond acceptors (Lipinski definition) is 3. The average Bonchev–Trinajstić information content (AvgIpc) is 2.84. The minimum atomic E-state index is -0.761. The first-order valence-electron chi connectivity index (χ1n) is 11.2. The monoisotopic (exact) mass is 540 g/mol. The van der Waals surface area contributed by atoms with E-state index in [0.717, 1.165) is 29.2 Å². The highest BCUT2D eigenvalue weighted by Crippen LogP contribution is 2.37. The number of nitrogens with one attached hydrogen (secondary N) is 1. The maximum Gasteiger partial charge on any atom is 0.251 e. The highest BCUT2D eigenvalue weighted by atomic mass is 79.9. The normalized spacial score (nSPS) is 12.0. The number of aromatic nitrogens is 1. The molecule has 0 unspecified atom stereocenters. The van der Waals surface area contributed by atoms with Crippen LogP contribution in [0.1, 0.15) is 43.5 Å². The zero-order valence-corrected chi connectivity index (χ0v) is 21.7. The number of carbonyl (C=O) groups excluding carboxylic acids is 1. The van der Waals surface area contributed by atoms with Crippen molar-refractivity contribution in [2.45, 2.75) is 33.6 Å². The number of aryl methyl sites for hydroxylation is 1. The lowest BCUT2D eigenvalue weighted by molar-refractivity contribution is -0.112. The van der Waals surface area contributed by atoms with E-state index in [1.165, 1.54) is 13.2 Å². The van der Waals surface area contributed by atoms with Crippen LogP contribution < -0.4 is 10.1 Å². The van der Waals surface area contributed by atoms with Gasteiger partial charge in [-0.25, -0.2) is 8.78 Å². The Morgan fingerprint density at radius 2 is 1.91 bits per heavy atom. The van der Waals surface area contributed by atoms with Gasteiger partial charge in [0.1, 0.15) is 5.82 Å². The van der Waals surface area contributed by atoms with E-state index in [2.05, 4.69) is 26.2 Å². The van der Waals surface area contributed by atoms with Gasteiger partial charge in [-0.2, -0.15) is 0 Å². The molecule has 3 rings (SSSR count). The maximum absolute atomic E-state index is 14.5. The highest BCUT2D eigenvalue weighted by Gasteiger charge is 2.19. The average molecular weight is 541 g/mol. The number of carbonyl (C=O) groups is 1. The van der Waals surface area contributed by atoms with E-state index in [0.29, 0.717) is 34.5 Å². The van der Waals surface area contributed by atoms with E-state index >= 15 is 0 Å². The molecule has 3 aromatic rings. The molecule has 1 N–H and O–H groups in total. The number of unbranched alkanes of at least 4 members (excludes halogenated alkanes) is 1. The molecule has 0 fully saturated rings. The lowest BCUT2D eigenvalue weighted by Gasteiger charge is -2.17. The summed E-state index contributed by atoms with van der Waals surface area (Å²) >= 11 is 3.17. The Morgan fingerprint density at radius 3 is 2.60 bits per heavy atom. The molecule has 0 saturated heterocycles. The van der Waals surface area contributed by atoms with Crippen molar-refractivity contribution in [2.75, 3.05) is 12.4 Å². The topological polar surface area (TPSA) is 51.2 Å². The van der Waals surface area contributed by atoms with E-state index in [4.69, 9.17) is 4.74 Å². The van der Waals surface area contributed by atoms with Crippen LogP contribution in [-0.2, 0) is 4.79 Å². The number of allylic oxidation sites excluding steroid dienone is 1. The number of benzene rings is 2. The molecule has 2 aromatic carbocycles. The van der Waals surface area contributed by atoms with Gasteiger partial charge in [0.25, 0.3) is 5.91 Å². The van der Waals surface area contributed by atoms with Crippen LogP contribution in [0.4, 0.5) is 14.5 Å². The van der Waals surface area contributed by atoms with Gasteiger partial charge in [-0.3, -0.25) is 9.78 Å². The molecule has 182 valence electrons. The second-order valence-corrected chi connectivity index (χ2v) is 8.52.